The second-order valence-corrected chi connectivity index (χ2v) is 5.25. The zero-order valence-corrected chi connectivity index (χ0v) is 12.6. The number of phenols is 2. The molecule has 0 spiro atoms. The van der Waals surface area contributed by atoms with Crippen LogP contribution in [0.1, 0.15) is 32.5 Å². The summed E-state index contributed by atoms with van der Waals surface area (Å²) in [5.41, 5.74) is -2.13. The summed E-state index contributed by atoms with van der Waals surface area (Å²) >= 11 is 1.02. The molecule has 0 radical (unpaired) electrons. The molecule has 0 aliphatic rings. The van der Waals surface area contributed by atoms with Crippen LogP contribution in [0.3, 0.4) is 0 Å². The van der Waals surface area contributed by atoms with Gasteiger partial charge in [-0.1, -0.05) is 6.07 Å². The molecule has 23 heavy (non-hydrogen) atoms. The number of hydrogen-bond donors (Lipinski definition) is 2. The van der Waals surface area contributed by atoms with Crippen molar-refractivity contribution in [1.29, 1.82) is 0 Å². The zero-order valence-electron chi connectivity index (χ0n) is 11.8. The molecule has 1 aromatic carbocycles. The molecule has 0 saturated carbocycles. The Kier molecular flexibility index (Phi) is 4.60. The summed E-state index contributed by atoms with van der Waals surface area (Å²) in [6.07, 6.45) is 0. The first-order chi connectivity index (χ1) is 10.9. The molecule has 2 rings (SSSR count). The third kappa shape index (κ3) is 2.99. The van der Waals surface area contributed by atoms with Crippen LogP contribution in [0.4, 0.5) is 5.69 Å². The number of ether oxygens (including phenoxy) is 1. The first-order valence-corrected chi connectivity index (χ1v) is 7.25. The Balaban J connectivity index is 2.78. The summed E-state index contributed by atoms with van der Waals surface area (Å²) in [5.74, 6) is -3.79. The van der Waals surface area contributed by atoms with E-state index in [-0.39, 0.29) is 11.5 Å². The Hall–Kier alpha value is -2.94. The largest absolute Gasteiger partial charge is 0.504 e. The van der Waals surface area contributed by atoms with Gasteiger partial charge >= 0.3 is 11.7 Å². The van der Waals surface area contributed by atoms with E-state index in [1.165, 1.54) is 13.0 Å². The molecule has 1 aromatic heterocycles. The number of rotatable bonds is 5. The molecule has 0 unspecified atom stereocenters. The molecule has 120 valence electrons. The third-order valence-corrected chi connectivity index (χ3v) is 3.77. The zero-order chi connectivity index (χ0) is 17.1. The lowest BCUT2D eigenvalue weighted by atomic mass is 9.99. The van der Waals surface area contributed by atoms with E-state index in [2.05, 4.69) is 0 Å². The summed E-state index contributed by atoms with van der Waals surface area (Å²) < 4.78 is 4.76. The number of esters is 1. The number of thiophene rings is 1. The number of phenolic OH excluding ortho intramolecular Hbond substituents is 2. The summed E-state index contributed by atoms with van der Waals surface area (Å²) in [5, 5.41) is 32.2. The van der Waals surface area contributed by atoms with E-state index in [0.717, 1.165) is 17.4 Å². The van der Waals surface area contributed by atoms with Crippen molar-refractivity contribution in [2.45, 2.75) is 6.92 Å². The van der Waals surface area contributed by atoms with Crippen molar-refractivity contribution in [3.63, 3.8) is 0 Å². The molecule has 0 saturated heterocycles. The molecule has 1 heterocycles. The van der Waals surface area contributed by atoms with Gasteiger partial charge in [0.25, 0.3) is 0 Å². The monoisotopic (exact) mass is 337 g/mol. The highest BCUT2D eigenvalue weighted by atomic mass is 32.1. The van der Waals surface area contributed by atoms with Gasteiger partial charge in [0.05, 0.1) is 22.0 Å². The van der Waals surface area contributed by atoms with Crippen LogP contribution in [0.5, 0.6) is 11.5 Å². The molecule has 8 nitrogen and oxygen atoms in total. The van der Waals surface area contributed by atoms with Crippen molar-refractivity contribution in [3.05, 3.63) is 49.7 Å². The third-order valence-electron chi connectivity index (χ3n) is 2.90. The summed E-state index contributed by atoms with van der Waals surface area (Å²) in [6, 6.07) is 3.77. The summed E-state index contributed by atoms with van der Waals surface area (Å²) in [7, 11) is 0. The van der Waals surface area contributed by atoms with Gasteiger partial charge in [-0.25, -0.2) is 4.79 Å². The van der Waals surface area contributed by atoms with Crippen molar-refractivity contribution >= 4 is 28.8 Å². The van der Waals surface area contributed by atoms with Crippen molar-refractivity contribution in [2.75, 3.05) is 6.61 Å². The van der Waals surface area contributed by atoms with E-state index in [0.29, 0.717) is 0 Å². The number of nitrogens with zero attached hydrogens (tertiary/aromatic N) is 1. The minimum absolute atomic E-state index is 0.0269. The molecule has 0 bridgehead atoms. The van der Waals surface area contributed by atoms with Gasteiger partial charge in [-0.2, -0.15) is 0 Å². The minimum Gasteiger partial charge on any atom is -0.504 e. The highest BCUT2D eigenvalue weighted by Gasteiger charge is 2.35. The number of aromatic hydroxyl groups is 2. The quantitative estimate of drug-likeness (QED) is 0.282. The van der Waals surface area contributed by atoms with Crippen LogP contribution in [0.2, 0.25) is 0 Å². The number of benzene rings is 1. The van der Waals surface area contributed by atoms with Crippen LogP contribution in [-0.2, 0) is 4.74 Å². The smallest absolute Gasteiger partial charge is 0.339 e. The topological polar surface area (TPSA) is 127 Å². The Morgan fingerprint density at radius 1 is 1.39 bits per heavy atom. The highest BCUT2D eigenvalue weighted by Crippen LogP contribution is 2.41. The second kappa shape index (κ2) is 6.44. The van der Waals surface area contributed by atoms with Crippen LogP contribution in [0.25, 0.3) is 0 Å². The first-order valence-electron chi connectivity index (χ1n) is 6.37. The van der Waals surface area contributed by atoms with Gasteiger partial charge < -0.3 is 14.9 Å². The molecular formula is C14H11NO7S. The van der Waals surface area contributed by atoms with Crippen LogP contribution in [-0.4, -0.2) is 33.5 Å². The number of nitro benzene ring substituents is 1. The molecule has 2 aromatic rings. The average molecular weight is 337 g/mol. The normalized spacial score (nSPS) is 10.3. The fourth-order valence-corrected chi connectivity index (χ4v) is 2.62. The van der Waals surface area contributed by atoms with Crippen molar-refractivity contribution < 1.29 is 29.5 Å². The Morgan fingerprint density at radius 3 is 2.61 bits per heavy atom. The van der Waals surface area contributed by atoms with E-state index in [1.54, 1.807) is 11.4 Å². The van der Waals surface area contributed by atoms with Gasteiger partial charge in [0.15, 0.2) is 5.75 Å². The standard InChI is InChI=1S/C14H11NO7S/c1-2-22-14(19)7-6-8(16)12(17)11(15(20)21)10(7)13(18)9-4-3-5-23-9/h3-6,16-17H,2H2,1H3. The molecule has 0 amide bonds. The van der Waals surface area contributed by atoms with Crippen LogP contribution >= 0.6 is 11.3 Å². The maximum Gasteiger partial charge on any atom is 0.339 e. The van der Waals surface area contributed by atoms with E-state index in [9.17, 15) is 29.9 Å². The summed E-state index contributed by atoms with van der Waals surface area (Å²) in [6.45, 7) is 1.49. The van der Waals surface area contributed by atoms with E-state index in [1.807, 2.05) is 0 Å². The predicted octanol–water partition coefficient (Wildman–Crippen LogP) is 2.48. The van der Waals surface area contributed by atoms with Crippen LogP contribution in [0.15, 0.2) is 23.6 Å². The van der Waals surface area contributed by atoms with Crippen molar-refractivity contribution in [3.8, 4) is 11.5 Å². The highest BCUT2D eigenvalue weighted by molar-refractivity contribution is 7.12. The average Bonchev–Trinajstić information content (AvgIpc) is 3.02. The first kappa shape index (κ1) is 16.4. The lowest BCUT2D eigenvalue weighted by Gasteiger charge is -2.10. The maximum atomic E-state index is 12.5. The molecule has 0 aliphatic heterocycles. The molecule has 2 N–H and O–H groups in total. The molecular weight excluding hydrogens is 326 g/mol. The van der Waals surface area contributed by atoms with Gasteiger partial charge in [-0.15, -0.1) is 11.3 Å². The number of hydrogen-bond acceptors (Lipinski definition) is 8. The Labute approximate surface area is 133 Å². The molecule has 0 aliphatic carbocycles. The van der Waals surface area contributed by atoms with Crippen molar-refractivity contribution in [2.24, 2.45) is 0 Å². The number of carbonyl (C=O) groups excluding carboxylic acids is 2. The SMILES string of the molecule is CCOC(=O)c1cc(O)c(O)c([N+](=O)[O-])c1C(=O)c1cccs1. The predicted molar refractivity (Wildman–Crippen MR) is 80.1 cm³/mol. The van der Waals surface area contributed by atoms with Crippen molar-refractivity contribution in [1.82, 2.24) is 0 Å². The van der Waals surface area contributed by atoms with Crippen LogP contribution in [0, 0.1) is 10.1 Å². The fourth-order valence-electron chi connectivity index (χ4n) is 1.95. The van der Waals surface area contributed by atoms with Gasteiger partial charge in [-0.3, -0.25) is 14.9 Å². The lowest BCUT2D eigenvalue weighted by molar-refractivity contribution is -0.386. The number of carbonyl (C=O) groups is 2. The lowest BCUT2D eigenvalue weighted by Crippen LogP contribution is -2.14. The number of ketones is 1. The minimum atomic E-state index is -1.08. The molecule has 0 atom stereocenters. The van der Waals surface area contributed by atoms with E-state index < -0.39 is 45.0 Å². The molecule has 0 fully saturated rings. The molecule has 9 heteroatoms. The fraction of sp³-hybridized carbons (Fsp3) is 0.143. The van der Waals surface area contributed by atoms with E-state index >= 15 is 0 Å². The van der Waals surface area contributed by atoms with Gasteiger partial charge in [-0.05, 0) is 24.4 Å². The van der Waals surface area contributed by atoms with Gasteiger partial charge in [0.2, 0.25) is 11.5 Å². The summed E-state index contributed by atoms with van der Waals surface area (Å²) in [4.78, 5) is 34.9. The van der Waals surface area contributed by atoms with Crippen LogP contribution < -0.4 is 0 Å². The Morgan fingerprint density at radius 2 is 2.09 bits per heavy atom. The second-order valence-electron chi connectivity index (χ2n) is 4.30. The van der Waals surface area contributed by atoms with Gasteiger partial charge in [0, 0.05) is 0 Å². The Bertz CT molecular complexity index is 783. The number of nitro groups is 1. The van der Waals surface area contributed by atoms with Gasteiger partial charge in [0.1, 0.15) is 5.56 Å². The maximum absolute atomic E-state index is 12.5. The van der Waals surface area contributed by atoms with E-state index in [4.69, 9.17) is 4.74 Å².